The van der Waals surface area contributed by atoms with Gasteiger partial charge in [0.25, 0.3) is 0 Å². The molecule has 152 valence electrons. The number of hydrogen-bond donors (Lipinski definition) is 1. The SMILES string of the molecule is CCNC(=NCc1ccccc1-n1ccc(C)n1)N1CCS(=O)(=O)C(C)(C)C1. The molecule has 2 heterocycles. The van der Waals surface area contributed by atoms with Crippen LogP contribution in [0.5, 0.6) is 0 Å². The van der Waals surface area contributed by atoms with Gasteiger partial charge in [0.15, 0.2) is 15.8 Å². The third-order valence-corrected chi connectivity index (χ3v) is 7.57. The molecular weight excluding hydrogens is 374 g/mol. The van der Waals surface area contributed by atoms with E-state index in [1.54, 1.807) is 13.8 Å². The van der Waals surface area contributed by atoms with Crippen LogP contribution >= 0.6 is 0 Å². The fraction of sp³-hybridized carbons (Fsp3) is 0.500. The predicted molar refractivity (Wildman–Crippen MR) is 113 cm³/mol. The molecule has 0 unspecified atom stereocenters. The van der Waals surface area contributed by atoms with Gasteiger partial charge >= 0.3 is 0 Å². The molecule has 1 aliphatic heterocycles. The first-order valence-electron chi connectivity index (χ1n) is 9.59. The number of hydrogen-bond acceptors (Lipinski definition) is 4. The first kappa shape index (κ1) is 20.4. The van der Waals surface area contributed by atoms with Gasteiger partial charge in [-0.1, -0.05) is 18.2 Å². The minimum atomic E-state index is -3.09. The van der Waals surface area contributed by atoms with E-state index in [2.05, 4.69) is 10.4 Å². The lowest BCUT2D eigenvalue weighted by Crippen LogP contribution is -2.57. The quantitative estimate of drug-likeness (QED) is 0.625. The fourth-order valence-corrected chi connectivity index (χ4v) is 4.69. The minimum Gasteiger partial charge on any atom is -0.357 e. The number of aromatic nitrogens is 2. The summed E-state index contributed by atoms with van der Waals surface area (Å²) in [6.45, 7) is 9.65. The number of aliphatic imine (C=N–C) groups is 1. The number of para-hydroxylation sites is 1. The number of rotatable bonds is 4. The summed E-state index contributed by atoms with van der Waals surface area (Å²) in [6, 6.07) is 10.0. The van der Waals surface area contributed by atoms with Crippen molar-refractivity contribution < 1.29 is 8.42 Å². The zero-order valence-corrected chi connectivity index (χ0v) is 17.8. The molecule has 1 saturated heterocycles. The Kier molecular flexibility index (Phi) is 5.79. The molecule has 0 bridgehead atoms. The molecule has 7 nitrogen and oxygen atoms in total. The van der Waals surface area contributed by atoms with Gasteiger partial charge in [-0.05, 0) is 45.4 Å². The van der Waals surface area contributed by atoms with Gasteiger partial charge in [-0.25, -0.2) is 18.1 Å². The normalized spacial score (nSPS) is 18.9. The van der Waals surface area contributed by atoms with Crippen LogP contribution in [0.1, 0.15) is 32.0 Å². The summed E-state index contributed by atoms with van der Waals surface area (Å²) in [5, 5.41) is 7.82. The number of benzene rings is 1. The Bertz CT molecular complexity index is 962. The molecule has 0 atom stereocenters. The molecule has 0 aliphatic carbocycles. The molecule has 8 heteroatoms. The maximum Gasteiger partial charge on any atom is 0.194 e. The fourth-order valence-electron chi connectivity index (χ4n) is 3.33. The van der Waals surface area contributed by atoms with Crippen LogP contribution < -0.4 is 5.32 Å². The van der Waals surface area contributed by atoms with Gasteiger partial charge < -0.3 is 10.2 Å². The van der Waals surface area contributed by atoms with Crippen LogP contribution in [0.15, 0.2) is 41.5 Å². The Morgan fingerprint density at radius 2 is 2.04 bits per heavy atom. The molecular formula is C20H29N5O2S. The summed E-state index contributed by atoms with van der Waals surface area (Å²) in [5.41, 5.74) is 3.02. The van der Waals surface area contributed by atoms with Crippen molar-refractivity contribution in [2.24, 2.45) is 4.99 Å². The van der Waals surface area contributed by atoms with Crippen LogP contribution in [0.25, 0.3) is 5.69 Å². The highest BCUT2D eigenvalue weighted by Crippen LogP contribution is 2.24. The first-order valence-corrected chi connectivity index (χ1v) is 11.2. The van der Waals surface area contributed by atoms with Crippen molar-refractivity contribution in [3.8, 4) is 5.69 Å². The molecule has 0 spiro atoms. The van der Waals surface area contributed by atoms with E-state index < -0.39 is 14.6 Å². The summed E-state index contributed by atoms with van der Waals surface area (Å²) >= 11 is 0. The lowest BCUT2D eigenvalue weighted by molar-refractivity contribution is 0.353. The molecule has 0 amide bonds. The van der Waals surface area contributed by atoms with E-state index in [1.165, 1.54) is 0 Å². The molecule has 0 radical (unpaired) electrons. The summed E-state index contributed by atoms with van der Waals surface area (Å²) in [7, 11) is -3.09. The standard InChI is InChI=1S/C20H29N5O2S/c1-5-21-19(24-12-13-28(26,27)20(3,4)15-24)22-14-17-8-6-7-9-18(17)25-11-10-16(2)23-25/h6-11H,5,12-15H2,1-4H3,(H,21,22). The maximum absolute atomic E-state index is 12.3. The van der Waals surface area contributed by atoms with Gasteiger partial charge in [0.1, 0.15) is 0 Å². The average Bonchev–Trinajstić information content (AvgIpc) is 3.07. The van der Waals surface area contributed by atoms with E-state index in [4.69, 9.17) is 4.99 Å². The van der Waals surface area contributed by atoms with Gasteiger partial charge in [0.05, 0.1) is 28.4 Å². The van der Waals surface area contributed by atoms with E-state index in [9.17, 15) is 8.42 Å². The molecule has 1 aromatic heterocycles. The Hall–Kier alpha value is -2.35. The monoisotopic (exact) mass is 403 g/mol. The first-order chi connectivity index (χ1) is 13.2. The molecule has 1 N–H and O–H groups in total. The number of sulfone groups is 1. The van der Waals surface area contributed by atoms with Crippen LogP contribution in [-0.2, 0) is 16.4 Å². The lowest BCUT2D eigenvalue weighted by atomic mass is 10.2. The van der Waals surface area contributed by atoms with Gasteiger partial charge in [-0.2, -0.15) is 5.10 Å². The number of guanidine groups is 1. The Morgan fingerprint density at radius 3 is 2.68 bits per heavy atom. The van der Waals surface area contributed by atoms with Gasteiger partial charge in [0, 0.05) is 25.8 Å². The number of nitrogens with one attached hydrogen (secondary N) is 1. The second-order valence-corrected chi connectivity index (χ2v) is 10.4. The zero-order valence-electron chi connectivity index (χ0n) is 17.0. The highest BCUT2D eigenvalue weighted by Gasteiger charge is 2.40. The van der Waals surface area contributed by atoms with Crippen molar-refractivity contribution in [2.75, 3.05) is 25.4 Å². The molecule has 1 aromatic carbocycles. The highest BCUT2D eigenvalue weighted by molar-refractivity contribution is 7.92. The van der Waals surface area contributed by atoms with Gasteiger partial charge in [-0.15, -0.1) is 0 Å². The van der Waals surface area contributed by atoms with Crippen molar-refractivity contribution in [1.82, 2.24) is 20.0 Å². The Morgan fingerprint density at radius 1 is 1.29 bits per heavy atom. The van der Waals surface area contributed by atoms with Crippen LogP contribution in [-0.4, -0.2) is 59.2 Å². The van der Waals surface area contributed by atoms with E-state index in [1.807, 2.05) is 60.0 Å². The predicted octanol–water partition coefficient (Wildman–Crippen LogP) is 2.16. The summed E-state index contributed by atoms with van der Waals surface area (Å²) in [6.07, 6.45) is 1.95. The van der Waals surface area contributed by atoms with E-state index >= 15 is 0 Å². The molecule has 2 aromatic rings. The third-order valence-electron chi connectivity index (χ3n) is 5.04. The summed E-state index contributed by atoms with van der Waals surface area (Å²) < 4.78 is 25.7. The number of aryl methyl sites for hydroxylation is 1. The summed E-state index contributed by atoms with van der Waals surface area (Å²) in [4.78, 5) is 6.86. The van der Waals surface area contributed by atoms with Crippen molar-refractivity contribution in [2.45, 2.75) is 39.0 Å². The van der Waals surface area contributed by atoms with Crippen molar-refractivity contribution in [3.05, 3.63) is 47.8 Å². The van der Waals surface area contributed by atoms with Gasteiger partial charge in [-0.3, -0.25) is 0 Å². The van der Waals surface area contributed by atoms with Crippen LogP contribution in [0.4, 0.5) is 0 Å². The van der Waals surface area contributed by atoms with Gasteiger partial charge in [0.2, 0.25) is 0 Å². The Labute approximate surface area is 167 Å². The molecule has 0 saturated carbocycles. The van der Waals surface area contributed by atoms with Crippen LogP contribution in [0.2, 0.25) is 0 Å². The largest absolute Gasteiger partial charge is 0.357 e. The summed E-state index contributed by atoms with van der Waals surface area (Å²) in [5.74, 6) is 0.894. The smallest absolute Gasteiger partial charge is 0.194 e. The van der Waals surface area contributed by atoms with E-state index in [0.717, 1.165) is 29.4 Å². The second-order valence-electron chi connectivity index (χ2n) is 7.70. The lowest BCUT2D eigenvalue weighted by Gasteiger charge is -2.39. The van der Waals surface area contributed by atoms with Crippen molar-refractivity contribution in [1.29, 1.82) is 0 Å². The van der Waals surface area contributed by atoms with Crippen molar-refractivity contribution >= 4 is 15.8 Å². The molecule has 3 rings (SSSR count). The van der Waals surface area contributed by atoms with E-state index in [-0.39, 0.29) is 5.75 Å². The second kappa shape index (κ2) is 7.95. The van der Waals surface area contributed by atoms with Crippen LogP contribution in [0.3, 0.4) is 0 Å². The van der Waals surface area contributed by atoms with Crippen molar-refractivity contribution in [3.63, 3.8) is 0 Å². The van der Waals surface area contributed by atoms with E-state index in [0.29, 0.717) is 19.6 Å². The number of nitrogens with zero attached hydrogens (tertiary/aromatic N) is 4. The maximum atomic E-state index is 12.3. The highest BCUT2D eigenvalue weighted by atomic mass is 32.2. The minimum absolute atomic E-state index is 0.146. The molecule has 1 fully saturated rings. The molecule has 1 aliphatic rings. The van der Waals surface area contributed by atoms with Crippen LogP contribution in [0, 0.1) is 6.92 Å². The molecule has 28 heavy (non-hydrogen) atoms. The Balaban J connectivity index is 1.85. The topological polar surface area (TPSA) is 79.6 Å². The third kappa shape index (κ3) is 4.22. The zero-order chi connectivity index (χ0) is 20.4. The average molecular weight is 404 g/mol.